The molecule has 116 valence electrons. The van der Waals surface area contributed by atoms with Crippen molar-refractivity contribution in [2.45, 2.75) is 31.5 Å². The minimum absolute atomic E-state index is 0.142. The molecule has 4 nitrogen and oxygen atoms in total. The fraction of sp³-hybridized carbons (Fsp3) is 0.625. The van der Waals surface area contributed by atoms with E-state index >= 15 is 0 Å². The zero-order valence-electron chi connectivity index (χ0n) is 12.3. The van der Waals surface area contributed by atoms with Gasteiger partial charge in [0.05, 0.1) is 12.7 Å². The van der Waals surface area contributed by atoms with Gasteiger partial charge in [-0.1, -0.05) is 0 Å². The first-order valence-electron chi connectivity index (χ1n) is 7.73. The SMILES string of the molecule is NCCOC1CCN(CC2Cc3cc(F)ccc3O2)CC1. The van der Waals surface area contributed by atoms with Crippen LogP contribution in [0.4, 0.5) is 4.39 Å². The molecule has 0 aliphatic carbocycles. The van der Waals surface area contributed by atoms with Gasteiger partial charge < -0.3 is 15.2 Å². The van der Waals surface area contributed by atoms with Crippen molar-refractivity contribution in [3.8, 4) is 5.75 Å². The Bertz CT molecular complexity index is 475. The normalized spacial score (nSPS) is 23.0. The summed E-state index contributed by atoms with van der Waals surface area (Å²) < 4.78 is 24.8. The van der Waals surface area contributed by atoms with E-state index in [2.05, 4.69) is 4.90 Å². The molecule has 1 atom stereocenters. The van der Waals surface area contributed by atoms with E-state index in [-0.39, 0.29) is 11.9 Å². The third-order valence-electron chi connectivity index (χ3n) is 4.23. The van der Waals surface area contributed by atoms with Crippen molar-refractivity contribution in [1.29, 1.82) is 0 Å². The third-order valence-corrected chi connectivity index (χ3v) is 4.23. The van der Waals surface area contributed by atoms with Crippen LogP contribution in [0.2, 0.25) is 0 Å². The van der Waals surface area contributed by atoms with Crippen LogP contribution in [0.25, 0.3) is 0 Å². The van der Waals surface area contributed by atoms with Crippen LogP contribution < -0.4 is 10.5 Å². The molecule has 0 saturated carbocycles. The minimum Gasteiger partial charge on any atom is -0.488 e. The van der Waals surface area contributed by atoms with E-state index in [1.54, 1.807) is 12.1 Å². The van der Waals surface area contributed by atoms with Crippen molar-refractivity contribution >= 4 is 0 Å². The van der Waals surface area contributed by atoms with Crippen LogP contribution in [-0.2, 0) is 11.2 Å². The lowest BCUT2D eigenvalue weighted by Crippen LogP contribution is -2.42. The number of fused-ring (bicyclic) bond motifs is 1. The van der Waals surface area contributed by atoms with Gasteiger partial charge in [0.1, 0.15) is 17.7 Å². The van der Waals surface area contributed by atoms with E-state index < -0.39 is 0 Å². The van der Waals surface area contributed by atoms with Crippen molar-refractivity contribution in [3.63, 3.8) is 0 Å². The lowest BCUT2D eigenvalue weighted by Gasteiger charge is -2.33. The van der Waals surface area contributed by atoms with Crippen LogP contribution in [-0.4, -0.2) is 49.9 Å². The first-order valence-corrected chi connectivity index (χ1v) is 7.73. The van der Waals surface area contributed by atoms with E-state index in [1.165, 1.54) is 6.07 Å². The molecule has 0 amide bonds. The molecule has 1 unspecified atom stereocenters. The smallest absolute Gasteiger partial charge is 0.123 e. The molecule has 1 saturated heterocycles. The Kier molecular flexibility index (Phi) is 4.73. The molecule has 0 bridgehead atoms. The quantitative estimate of drug-likeness (QED) is 0.895. The molecule has 2 heterocycles. The Morgan fingerprint density at radius 3 is 2.90 bits per heavy atom. The second kappa shape index (κ2) is 6.73. The van der Waals surface area contributed by atoms with Crippen molar-refractivity contribution in [2.24, 2.45) is 5.73 Å². The molecule has 1 aromatic rings. The van der Waals surface area contributed by atoms with Crippen LogP contribution in [0.3, 0.4) is 0 Å². The average molecular weight is 294 g/mol. The predicted octanol–water partition coefficient (Wildman–Crippen LogP) is 1.57. The van der Waals surface area contributed by atoms with Gasteiger partial charge in [-0.3, -0.25) is 4.90 Å². The van der Waals surface area contributed by atoms with Crippen LogP contribution in [0.15, 0.2) is 18.2 Å². The van der Waals surface area contributed by atoms with Crippen LogP contribution >= 0.6 is 0 Å². The molecule has 0 radical (unpaired) electrons. The van der Waals surface area contributed by atoms with Gasteiger partial charge in [-0.2, -0.15) is 0 Å². The molecule has 21 heavy (non-hydrogen) atoms. The molecular formula is C16H23FN2O2. The standard InChI is InChI=1S/C16H23FN2O2/c17-13-1-2-16-12(9-13)10-15(21-16)11-19-6-3-14(4-7-19)20-8-5-18/h1-2,9,14-15H,3-8,10-11,18H2. The number of ether oxygens (including phenoxy) is 2. The fourth-order valence-electron chi connectivity index (χ4n) is 3.17. The topological polar surface area (TPSA) is 47.7 Å². The maximum Gasteiger partial charge on any atom is 0.123 e. The van der Waals surface area contributed by atoms with Gasteiger partial charge >= 0.3 is 0 Å². The number of rotatable bonds is 5. The second-order valence-corrected chi connectivity index (χ2v) is 5.86. The molecule has 2 N–H and O–H groups in total. The largest absolute Gasteiger partial charge is 0.488 e. The Balaban J connectivity index is 1.45. The molecule has 0 spiro atoms. The summed E-state index contributed by atoms with van der Waals surface area (Å²) in [4.78, 5) is 2.41. The first kappa shape index (κ1) is 14.8. The number of piperidine rings is 1. The minimum atomic E-state index is -0.184. The van der Waals surface area contributed by atoms with E-state index in [0.29, 0.717) is 19.3 Å². The lowest BCUT2D eigenvalue weighted by molar-refractivity contribution is 0.00483. The predicted molar refractivity (Wildman–Crippen MR) is 79.0 cm³/mol. The van der Waals surface area contributed by atoms with Crippen molar-refractivity contribution in [2.75, 3.05) is 32.8 Å². The van der Waals surface area contributed by atoms with Gasteiger partial charge in [-0.15, -0.1) is 0 Å². The first-order chi connectivity index (χ1) is 10.2. The van der Waals surface area contributed by atoms with E-state index in [1.807, 2.05) is 0 Å². The van der Waals surface area contributed by atoms with Crippen molar-refractivity contribution < 1.29 is 13.9 Å². The summed E-state index contributed by atoms with van der Waals surface area (Å²) in [5, 5.41) is 0. The summed E-state index contributed by atoms with van der Waals surface area (Å²) in [6.07, 6.45) is 3.39. The van der Waals surface area contributed by atoms with Gasteiger partial charge in [-0.25, -0.2) is 4.39 Å². The summed E-state index contributed by atoms with van der Waals surface area (Å²) in [5.41, 5.74) is 6.44. The molecule has 0 aromatic heterocycles. The number of likely N-dealkylation sites (tertiary alicyclic amines) is 1. The maximum absolute atomic E-state index is 13.2. The van der Waals surface area contributed by atoms with Gasteiger partial charge in [-0.05, 0) is 31.0 Å². The summed E-state index contributed by atoms with van der Waals surface area (Å²) in [5.74, 6) is 0.651. The lowest BCUT2D eigenvalue weighted by atomic mass is 10.1. The number of hydrogen-bond donors (Lipinski definition) is 1. The zero-order valence-corrected chi connectivity index (χ0v) is 12.3. The summed E-state index contributed by atoms with van der Waals surface area (Å²) >= 11 is 0. The van der Waals surface area contributed by atoms with Crippen molar-refractivity contribution in [3.05, 3.63) is 29.6 Å². The summed E-state index contributed by atoms with van der Waals surface area (Å²) in [6.45, 7) is 4.20. The van der Waals surface area contributed by atoms with Crippen LogP contribution in [0, 0.1) is 5.82 Å². The van der Waals surface area contributed by atoms with Gasteiger partial charge in [0.15, 0.2) is 0 Å². The fourth-order valence-corrected chi connectivity index (χ4v) is 3.17. The van der Waals surface area contributed by atoms with Gasteiger partial charge in [0.2, 0.25) is 0 Å². The summed E-state index contributed by atoms with van der Waals surface area (Å²) in [7, 11) is 0. The Labute approximate surface area is 125 Å². The van der Waals surface area contributed by atoms with E-state index in [4.69, 9.17) is 15.2 Å². The van der Waals surface area contributed by atoms with E-state index in [9.17, 15) is 4.39 Å². The van der Waals surface area contributed by atoms with E-state index in [0.717, 1.165) is 50.2 Å². The highest BCUT2D eigenvalue weighted by Gasteiger charge is 2.27. The Hall–Kier alpha value is -1.17. The van der Waals surface area contributed by atoms with Crippen LogP contribution in [0.5, 0.6) is 5.75 Å². The van der Waals surface area contributed by atoms with Crippen molar-refractivity contribution in [1.82, 2.24) is 4.90 Å². The molecule has 1 aromatic carbocycles. The number of nitrogens with zero attached hydrogens (tertiary/aromatic N) is 1. The highest BCUT2D eigenvalue weighted by atomic mass is 19.1. The molecule has 2 aliphatic heterocycles. The van der Waals surface area contributed by atoms with Crippen LogP contribution in [0.1, 0.15) is 18.4 Å². The third kappa shape index (κ3) is 3.73. The molecular weight excluding hydrogens is 271 g/mol. The zero-order chi connectivity index (χ0) is 14.7. The Morgan fingerprint density at radius 1 is 1.33 bits per heavy atom. The molecule has 5 heteroatoms. The number of nitrogens with two attached hydrogens (primary N) is 1. The molecule has 1 fully saturated rings. The van der Waals surface area contributed by atoms with Gasteiger partial charge in [0, 0.05) is 38.2 Å². The number of hydrogen-bond acceptors (Lipinski definition) is 4. The average Bonchev–Trinajstić information content (AvgIpc) is 2.88. The maximum atomic E-state index is 13.2. The second-order valence-electron chi connectivity index (χ2n) is 5.86. The number of halogens is 1. The molecule has 2 aliphatic rings. The highest BCUT2D eigenvalue weighted by Crippen LogP contribution is 2.30. The summed E-state index contributed by atoms with van der Waals surface area (Å²) in [6, 6.07) is 4.78. The van der Waals surface area contributed by atoms with Gasteiger partial charge in [0.25, 0.3) is 0 Å². The number of benzene rings is 1. The highest BCUT2D eigenvalue weighted by molar-refractivity contribution is 5.37. The molecule has 3 rings (SSSR count). The monoisotopic (exact) mass is 294 g/mol. The Morgan fingerprint density at radius 2 is 2.14 bits per heavy atom.